The van der Waals surface area contributed by atoms with Crippen LogP contribution in [0.4, 0.5) is 4.79 Å². The lowest BCUT2D eigenvalue weighted by Gasteiger charge is -2.36. The SMILES string of the molecule is C[C@@H]1C[C@H](C)CN(C(=O)CN2C(=O)N[C@]3(CCCc4ccccc43)C2=O)C1. The van der Waals surface area contributed by atoms with Crippen molar-refractivity contribution >= 4 is 17.8 Å². The Morgan fingerprint density at radius 3 is 2.63 bits per heavy atom. The zero-order chi connectivity index (χ0) is 19.2. The van der Waals surface area contributed by atoms with Crippen molar-refractivity contribution in [3.8, 4) is 0 Å². The predicted octanol–water partition coefficient (Wildman–Crippen LogP) is 2.27. The minimum absolute atomic E-state index is 0.141. The molecular weight excluding hydrogens is 342 g/mol. The van der Waals surface area contributed by atoms with Gasteiger partial charge in [-0.25, -0.2) is 4.79 Å². The van der Waals surface area contributed by atoms with E-state index in [0.29, 0.717) is 31.3 Å². The molecule has 1 aliphatic carbocycles. The van der Waals surface area contributed by atoms with Crippen LogP contribution < -0.4 is 5.32 Å². The number of urea groups is 1. The van der Waals surface area contributed by atoms with Gasteiger partial charge in [-0.3, -0.25) is 14.5 Å². The highest BCUT2D eigenvalue weighted by atomic mass is 16.2. The molecular formula is C21H27N3O3. The maximum atomic E-state index is 13.3. The molecule has 1 N–H and O–H groups in total. The molecule has 3 atom stereocenters. The van der Waals surface area contributed by atoms with Crippen LogP contribution in [-0.4, -0.2) is 47.3 Å². The number of carbonyl (C=O) groups is 3. The molecule has 0 bridgehead atoms. The quantitative estimate of drug-likeness (QED) is 0.813. The molecule has 3 aliphatic rings. The highest BCUT2D eigenvalue weighted by molar-refractivity contribution is 6.09. The van der Waals surface area contributed by atoms with Gasteiger partial charge in [-0.05, 0) is 48.6 Å². The number of piperidine rings is 1. The molecule has 6 heteroatoms. The first-order valence-corrected chi connectivity index (χ1v) is 9.91. The second-order valence-corrected chi connectivity index (χ2v) is 8.48. The van der Waals surface area contributed by atoms with Gasteiger partial charge in [0, 0.05) is 13.1 Å². The zero-order valence-corrected chi connectivity index (χ0v) is 16.0. The normalized spacial score (nSPS) is 30.4. The van der Waals surface area contributed by atoms with Crippen LogP contribution in [0.15, 0.2) is 24.3 Å². The van der Waals surface area contributed by atoms with Crippen LogP contribution in [0.5, 0.6) is 0 Å². The van der Waals surface area contributed by atoms with Gasteiger partial charge in [-0.15, -0.1) is 0 Å². The van der Waals surface area contributed by atoms with E-state index in [1.165, 1.54) is 0 Å². The summed E-state index contributed by atoms with van der Waals surface area (Å²) in [5.41, 5.74) is 0.975. The number of likely N-dealkylation sites (tertiary alicyclic amines) is 1. The van der Waals surface area contributed by atoms with Gasteiger partial charge in [-0.2, -0.15) is 0 Å². The van der Waals surface area contributed by atoms with E-state index in [9.17, 15) is 14.4 Å². The Morgan fingerprint density at radius 1 is 1.19 bits per heavy atom. The molecule has 4 amide bonds. The van der Waals surface area contributed by atoms with Crippen molar-refractivity contribution in [1.82, 2.24) is 15.1 Å². The number of amides is 4. The summed E-state index contributed by atoms with van der Waals surface area (Å²) < 4.78 is 0. The van der Waals surface area contributed by atoms with Gasteiger partial charge < -0.3 is 10.2 Å². The first kappa shape index (κ1) is 18.0. The van der Waals surface area contributed by atoms with Gasteiger partial charge in [-0.1, -0.05) is 38.1 Å². The molecule has 1 aromatic carbocycles. The largest absolute Gasteiger partial charge is 0.341 e. The van der Waals surface area contributed by atoms with E-state index in [1.54, 1.807) is 4.90 Å². The van der Waals surface area contributed by atoms with Crippen molar-refractivity contribution in [2.45, 2.75) is 45.1 Å². The van der Waals surface area contributed by atoms with E-state index in [-0.39, 0.29) is 18.4 Å². The van der Waals surface area contributed by atoms with Crippen LogP contribution in [0.25, 0.3) is 0 Å². The van der Waals surface area contributed by atoms with Gasteiger partial charge in [0.1, 0.15) is 12.1 Å². The van der Waals surface area contributed by atoms with E-state index >= 15 is 0 Å². The van der Waals surface area contributed by atoms with E-state index < -0.39 is 11.6 Å². The van der Waals surface area contributed by atoms with E-state index in [0.717, 1.165) is 35.3 Å². The molecule has 2 fully saturated rings. The molecule has 4 rings (SSSR count). The molecule has 0 saturated carbocycles. The summed E-state index contributed by atoms with van der Waals surface area (Å²) in [7, 11) is 0. The van der Waals surface area contributed by atoms with Gasteiger partial charge in [0.2, 0.25) is 5.91 Å². The third-order valence-electron chi connectivity index (χ3n) is 6.17. The highest BCUT2D eigenvalue weighted by Crippen LogP contribution is 2.39. The Balaban J connectivity index is 1.55. The number of benzene rings is 1. The summed E-state index contributed by atoms with van der Waals surface area (Å²) in [5.74, 6) is 0.457. The average Bonchev–Trinajstić information content (AvgIpc) is 2.86. The summed E-state index contributed by atoms with van der Waals surface area (Å²) in [5, 5.41) is 2.92. The second-order valence-electron chi connectivity index (χ2n) is 8.48. The Hall–Kier alpha value is -2.37. The molecule has 1 spiro atoms. The third kappa shape index (κ3) is 3.01. The van der Waals surface area contributed by atoms with Crippen LogP contribution >= 0.6 is 0 Å². The number of hydrogen-bond donors (Lipinski definition) is 1. The monoisotopic (exact) mass is 369 g/mol. The van der Waals surface area contributed by atoms with Crippen molar-refractivity contribution in [1.29, 1.82) is 0 Å². The maximum absolute atomic E-state index is 13.3. The molecule has 2 saturated heterocycles. The molecule has 1 aromatic rings. The fraction of sp³-hybridized carbons (Fsp3) is 0.571. The van der Waals surface area contributed by atoms with Gasteiger partial charge in [0.25, 0.3) is 5.91 Å². The minimum Gasteiger partial charge on any atom is -0.341 e. The van der Waals surface area contributed by atoms with Crippen molar-refractivity contribution in [2.24, 2.45) is 11.8 Å². The number of rotatable bonds is 2. The molecule has 2 aliphatic heterocycles. The van der Waals surface area contributed by atoms with Crippen LogP contribution in [0, 0.1) is 11.8 Å². The lowest BCUT2D eigenvalue weighted by Crippen LogP contribution is -2.49. The lowest BCUT2D eigenvalue weighted by molar-refractivity contribution is -0.140. The van der Waals surface area contributed by atoms with Crippen LogP contribution in [0.3, 0.4) is 0 Å². The fourth-order valence-corrected chi connectivity index (χ4v) is 5.06. The standard InChI is InChI=1S/C21H27N3O3/c1-14-10-15(2)12-23(11-14)18(25)13-24-19(26)21(22-20(24)27)9-5-7-16-6-3-4-8-17(16)21/h3-4,6,8,14-15H,5,7,9-13H2,1-2H3,(H,22,27)/t14-,15+,21-/m0/s1. The Labute approximate surface area is 159 Å². The lowest BCUT2D eigenvalue weighted by atomic mass is 9.76. The molecule has 0 aromatic heterocycles. The predicted molar refractivity (Wildman–Crippen MR) is 101 cm³/mol. The van der Waals surface area contributed by atoms with Gasteiger partial charge in [0.15, 0.2) is 0 Å². The molecule has 27 heavy (non-hydrogen) atoms. The number of aryl methyl sites for hydroxylation is 1. The Morgan fingerprint density at radius 2 is 1.89 bits per heavy atom. The smallest absolute Gasteiger partial charge is 0.325 e. The molecule has 0 radical (unpaired) electrons. The number of carbonyl (C=O) groups excluding carboxylic acids is 3. The summed E-state index contributed by atoms with van der Waals surface area (Å²) >= 11 is 0. The summed E-state index contributed by atoms with van der Waals surface area (Å²) in [6.07, 6.45) is 3.43. The van der Waals surface area contributed by atoms with Crippen LogP contribution in [0.1, 0.15) is 44.2 Å². The Bertz CT molecular complexity index is 783. The Kier molecular flexibility index (Phi) is 4.44. The number of nitrogens with zero attached hydrogens (tertiary/aromatic N) is 2. The third-order valence-corrected chi connectivity index (χ3v) is 6.17. The molecule has 6 nitrogen and oxygen atoms in total. The molecule has 0 unspecified atom stereocenters. The topological polar surface area (TPSA) is 69.7 Å². The van der Waals surface area contributed by atoms with Crippen molar-refractivity contribution in [2.75, 3.05) is 19.6 Å². The molecule has 2 heterocycles. The number of nitrogens with one attached hydrogen (secondary N) is 1. The number of imide groups is 1. The van der Waals surface area contributed by atoms with Crippen molar-refractivity contribution < 1.29 is 14.4 Å². The van der Waals surface area contributed by atoms with Crippen molar-refractivity contribution in [3.05, 3.63) is 35.4 Å². The zero-order valence-electron chi connectivity index (χ0n) is 16.0. The molecule has 144 valence electrons. The van der Waals surface area contributed by atoms with E-state index in [1.807, 2.05) is 24.3 Å². The first-order chi connectivity index (χ1) is 12.9. The minimum atomic E-state index is -1.01. The maximum Gasteiger partial charge on any atom is 0.325 e. The van der Waals surface area contributed by atoms with E-state index in [2.05, 4.69) is 19.2 Å². The fourth-order valence-electron chi connectivity index (χ4n) is 5.06. The van der Waals surface area contributed by atoms with Gasteiger partial charge in [0.05, 0.1) is 0 Å². The average molecular weight is 369 g/mol. The first-order valence-electron chi connectivity index (χ1n) is 9.91. The van der Waals surface area contributed by atoms with Crippen molar-refractivity contribution in [3.63, 3.8) is 0 Å². The summed E-state index contributed by atoms with van der Waals surface area (Å²) in [4.78, 5) is 41.6. The van der Waals surface area contributed by atoms with E-state index in [4.69, 9.17) is 0 Å². The van der Waals surface area contributed by atoms with Gasteiger partial charge >= 0.3 is 6.03 Å². The van der Waals surface area contributed by atoms with Crippen LogP contribution in [0.2, 0.25) is 0 Å². The summed E-state index contributed by atoms with van der Waals surface area (Å²) in [6.45, 7) is 5.49. The summed E-state index contributed by atoms with van der Waals surface area (Å²) in [6, 6.07) is 7.34. The van der Waals surface area contributed by atoms with Crippen LogP contribution in [-0.2, 0) is 21.5 Å². The number of fused-ring (bicyclic) bond motifs is 2. The highest BCUT2D eigenvalue weighted by Gasteiger charge is 2.54. The number of hydrogen-bond acceptors (Lipinski definition) is 3. The second kappa shape index (κ2) is 6.66.